The molecule has 0 radical (unpaired) electrons. The van der Waals surface area contributed by atoms with E-state index in [9.17, 15) is 9.59 Å². The molecule has 1 aromatic heterocycles. The van der Waals surface area contributed by atoms with Crippen LogP contribution in [0.2, 0.25) is 0 Å². The minimum atomic E-state index is -0.523. The Hall–Kier alpha value is -3.15. The van der Waals surface area contributed by atoms with Gasteiger partial charge in [0, 0.05) is 49.4 Å². The summed E-state index contributed by atoms with van der Waals surface area (Å²) in [6.45, 7) is 3.23. The van der Waals surface area contributed by atoms with Crippen molar-refractivity contribution in [2.24, 2.45) is 7.05 Å². The van der Waals surface area contributed by atoms with Crippen LogP contribution in [0, 0.1) is 0 Å². The van der Waals surface area contributed by atoms with Crippen LogP contribution in [0.15, 0.2) is 48.8 Å². The molecule has 0 N–H and O–H groups in total. The molecule has 148 valence electrons. The zero-order valence-electron chi connectivity index (χ0n) is 16.7. The first-order valence-corrected chi connectivity index (χ1v) is 10.2. The first kappa shape index (κ1) is 17.9. The second kappa shape index (κ2) is 6.72. The van der Waals surface area contributed by atoms with Gasteiger partial charge in [0.15, 0.2) is 0 Å². The second-order valence-electron chi connectivity index (χ2n) is 8.03. The molecular weight excluding hydrogens is 364 g/mol. The molecule has 2 amide bonds. The highest BCUT2D eigenvalue weighted by molar-refractivity contribution is 6.26. The normalized spacial score (nSPS) is 17.9. The Morgan fingerprint density at radius 1 is 1.14 bits per heavy atom. The molecule has 6 heteroatoms. The van der Waals surface area contributed by atoms with Crippen LogP contribution in [0.4, 0.5) is 5.69 Å². The molecule has 3 heterocycles. The highest BCUT2D eigenvalue weighted by Crippen LogP contribution is 2.38. The van der Waals surface area contributed by atoms with Gasteiger partial charge in [0.05, 0.1) is 5.69 Å². The number of imidazole rings is 1. The lowest BCUT2D eigenvalue weighted by molar-refractivity contribution is -0.133. The topological polar surface area (TPSA) is 58.4 Å². The van der Waals surface area contributed by atoms with Crippen LogP contribution in [-0.2, 0) is 11.8 Å². The third-order valence-electron chi connectivity index (χ3n) is 6.37. The lowest BCUT2D eigenvalue weighted by Gasteiger charge is -2.35. The van der Waals surface area contributed by atoms with E-state index >= 15 is 0 Å². The second-order valence-corrected chi connectivity index (χ2v) is 8.03. The van der Waals surface area contributed by atoms with Gasteiger partial charge in [-0.1, -0.05) is 24.3 Å². The third-order valence-corrected chi connectivity index (χ3v) is 6.37. The van der Waals surface area contributed by atoms with E-state index in [1.54, 1.807) is 4.90 Å². The maximum atomic E-state index is 13.3. The molecule has 29 heavy (non-hydrogen) atoms. The van der Waals surface area contributed by atoms with Crippen molar-refractivity contribution in [3.8, 4) is 0 Å². The quantitative estimate of drug-likeness (QED) is 0.692. The van der Waals surface area contributed by atoms with Gasteiger partial charge in [0.2, 0.25) is 5.91 Å². The Bertz CT molecular complexity index is 1110. The van der Waals surface area contributed by atoms with Gasteiger partial charge < -0.3 is 9.47 Å². The largest absolute Gasteiger partial charge is 0.341 e. The summed E-state index contributed by atoms with van der Waals surface area (Å²) in [4.78, 5) is 34.4. The summed E-state index contributed by atoms with van der Waals surface area (Å²) in [5.74, 6) is 1.39. The first-order valence-electron chi connectivity index (χ1n) is 10.2. The Morgan fingerprint density at radius 2 is 1.86 bits per heavy atom. The van der Waals surface area contributed by atoms with Crippen molar-refractivity contribution in [2.75, 3.05) is 18.0 Å². The lowest BCUT2D eigenvalue weighted by atomic mass is 9.95. The molecule has 1 saturated heterocycles. The number of carbonyl (C=O) groups is 2. The van der Waals surface area contributed by atoms with Crippen LogP contribution in [0.5, 0.6) is 0 Å². The molecule has 2 aliphatic heterocycles. The number of likely N-dealkylation sites (tertiary alicyclic amines) is 1. The predicted molar refractivity (Wildman–Crippen MR) is 112 cm³/mol. The molecule has 0 bridgehead atoms. The van der Waals surface area contributed by atoms with Crippen LogP contribution in [0.3, 0.4) is 0 Å². The fourth-order valence-electron chi connectivity index (χ4n) is 4.83. The number of hydrogen-bond acceptors (Lipinski definition) is 3. The van der Waals surface area contributed by atoms with Crippen molar-refractivity contribution < 1.29 is 9.59 Å². The van der Waals surface area contributed by atoms with Crippen molar-refractivity contribution in [1.29, 1.82) is 0 Å². The molecule has 2 aromatic carbocycles. The van der Waals surface area contributed by atoms with Gasteiger partial charge in [-0.25, -0.2) is 4.98 Å². The van der Waals surface area contributed by atoms with Crippen molar-refractivity contribution >= 4 is 28.3 Å². The van der Waals surface area contributed by atoms with Gasteiger partial charge in [0.1, 0.15) is 11.9 Å². The Balaban J connectivity index is 1.35. The zero-order chi connectivity index (χ0) is 20.1. The van der Waals surface area contributed by atoms with E-state index < -0.39 is 6.04 Å². The number of rotatable bonds is 3. The van der Waals surface area contributed by atoms with Crippen molar-refractivity contribution in [1.82, 2.24) is 14.5 Å². The Labute approximate surface area is 169 Å². The summed E-state index contributed by atoms with van der Waals surface area (Å²) < 4.78 is 2.06. The third kappa shape index (κ3) is 2.74. The maximum Gasteiger partial charge on any atom is 0.259 e. The van der Waals surface area contributed by atoms with E-state index in [0.29, 0.717) is 24.6 Å². The summed E-state index contributed by atoms with van der Waals surface area (Å²) in [5.41, 5.74) is 1.53. The van der Waals surface area contributed by atoms with Gasteiger partial charge in [-0.05, 0) is 37.3 Å². The summed E-state index contributed by atoms with van der Waals surface area (Å²) in [6, 6.07) is 11.1. The Kier molecular flexibility index (Phi) is 4.15. The SMILES string of the molecule is C[C@@H](C(=O)N1CCC(c2nccn2C)CC1)N1C(=O)c2cccc3cccc1c23. The van der Waals surface area contributed by atoms with Gasteiger partial charge in [-0.2, -0.15) is 0 Å². The molecule has 1 atom stereocenters. The molecule has 0 spiro atoms. The van der Waals surface area contributed by atoms with E-state index in [-0.39, 0.29) is 11.8 Å². The number of aromatic nitrogens is 2. The van der Waals surface area contributed by atoms with Gasteiger partial charge in [0.25, 0.3) is 5.91 Å². The number of aryl methyl sites for hydroxylation is 1. The summed E-state index contributed by atoms with van der Waals surface area (Å²) in [7, 11) is 2.01. The minimum absolute atomic E-state index is 0.0152. The van der Waals surface area contributed by atoms with Crippen molar-refractivity contribution in [2.45, 2.75) is 31.7 Å². The molecular formula is C23H24N4O2. The summed E-state index contributed by atoms with van der Waals surface area (Å²) in [5, 5.41) is 1.99. The van der Waals surface area contributed by atoms with Gasteiger partial charge in [-0.15, -0.1) is 0 Å². The molecule has 0 saturated carbocycles. The fraction of sp³-hybridized carbons (Fsp3) is 0.348. The predicted octanol–water partition coefficient (Wildman–Crippen LogP) is 3.33. The van der Waals surface area contributed by atoms with Crippen LogP contribution < -0.4 is 4.90 Å². The molecule has 3 aromatic rings. The number of amides is 2. The van der Waals surface area contributed by atoms with Crippen LogP contribution in [0.1, 0.15) is 41.9 Å². The fourth-order valence-corrected chi connectivity index (χ4v) is 4.83. The van der Waals surface area contributed by atoms with E-state index in [0.717, 1.165) is 35.1 Å². The standard InChI is InChI=1S/C23H24N4O2/c1-15(22(28)26-12-9-17(10-13-26)21-24-11-14-25(21)2)27-19-8-4-6-16-5-3-7-18(20(16)19)23(27)29/h3-8,11,14-15,17H,9-10,12-13H2,1-2H3/t15-/m0/s1. The lowest BCUT2D eigenvalue weighted by Crippen LogP contribution is -2.50. The van der Waals surface area contributed by atoms with E-state index in [1.165, 1.54) is 0 Å². The van der Waals surface area contributed by atoms with Gasteiger partial charge in [-0.3, -0.25) is 14.5 Å². The number of piperidine rings is 1. The molecule has 1 fully saturated rings. The number of hydrogen-bond donors (Lipinski definition) is 0. The zero-order valence-corrected chi connectivity index (χ0v) is 16.7. The smallest absolute Gasteiger partial charge is 0.259 e. The first-order chi connectivity index (χ1) is 14.1. The van der Waals surface area contributed by atoms with Crippen molar-refractivity contribution in [3.63, 3.8) is 0 Å². The molecule has 6 nitrogen and oxygen atoms in total. The van der Waals surface area contributed by atoms with Crippen LogP contribution in [0.25, 0.3) is 10.8 Å². The monoisotopic (exact) mass is 388 g/mol. The van der Waals surface area contributed by atoms with Crippen LogP contribution >= 0.6 is 0 Å². The minimum Gasteiger partial charge on any atom is -0.341 e. The summed E-state index contributed by atoms with van der Waals surface area (Å²) in [6.07, 6.45) is 5.58. The van der Waals surface area contributed by atoms with Gasteiger partial charge >= 0.3 is 0 Å². The van der Waals surface area contributed by atoms with E-state index in [1.807, 2.05) is 67.7 Å². The van der Waals surface area contributed by atoms with Crippen molar-refractivity contribution in [3.05, 3.63) is 60.2 Å². The molecule has 0 aliphatic carbocycles. The highest BCUT2D eigenvalue weighted by Gasteiger charge is 2.38. The number of carbonyl (C=O) groups excluding carboxylic acids is 2. The van der Waals surface area contributed by atoms with Crippen LogP contribution in [-0.4, -0.2) is 45.4 Å². The molecule has 2 aliphatic rings. The summed E-state index contributed by atoms with van der Waals surface area (Å²) >= 11 is 0. The molecule has 5 rings (SSSR count). The Morgan fingerprint density at radius 3 is 2.55 bits per heavy atom. The number of benzene rings is 2. The average molecular weight is 388 g/mol. The number of anilines is 1. The highest BCUT2D eigenvalue weighted by atomic mass is 16.2. The number of nitrogens with zero attached hydrogens (tertiary/aromatic N) is 4. The maximum absolute atomic E-state index is 13.3. The van der Waals surface area contributed by atoms with E-state index in [4.69, 9.17) is 0 Å². The average Bonchev–Trinajstić information content (AvgIpc) is 3.30. The molecule has 0 unspecified atom stereocenters. The van der Waals surface area contributed by atoms with E-state index in [2.05, 4.69) is 9.55 Å².